The standard InChI is InChI=1S/C17H22N2O2/c1-19(17(20)16-9-5-11-21-13-16)12-15-7-3-2-6-14(15)8-4-10-18/h2-3,6-7,16H,5,9-13,18H2,1H3. The minimum Gasteiger partial charge on any atom is -0.381 e. The lowest BCUT2D eigenvalue weighted by molar-refractivity contribution is -0.138. The van der Waals surface area contributed by atoms with Crippen molar-refractivity contribution in [2.24, 2.45) is 11.7 Å². The molecule has 1 aliphatic heterocycles. The lowest BCUT2D eigenvalue weighted by atomic mass is 10.00. The average molecular weight is 286 g/mol. The van der Waals surface area contributed by atoms with Gasteiger partial charge in [-0.15, -0.1) is 0 Å². The van der Waals surface area contributed by atoms with Gasteiger partial charge in [0, 0.05) is 25.8 Å². The normalized spacial score (nSPS) is 17.7. The van der Waals surface area contributed by atoms with Gasteiger partial charge in [-0.1, -0.05) is 30.0 Å². The Bertz CT molecular complexity index is 539. The second-order valence-corrected chi connectivity index (χ2v) is 5.27. The number of hydrogen-bond donors (Lipinski definition) is 1. The lowest BCUT2D eigenvalue weighted by Crippen LogP contribution is -2.36. The second kappa shape index (κ2) is 7.82. The molecule has 1 aliphatic rings. The minimum atomic E-state index is -0.00830. The molecule has 4 heteroatoms. The number of amides is 1. The van der Waals surface area contributed by atoms with E-state index in [-0.39, 0.29) is 11.8 Å². The summed E-state index contributed by atoms with van der Waals surface area (Å²) in [6, 6.07) is 7.87. The lowest BCUT2D eigenvalue weighted by Gasteiger charge is -2.26. The summed E-state index contributed by atoms with van der Waals surface area (Å²) < 4.78 is 5.40. The molecule has 21 heavy (non-hydrogen) atoms. The quantitative estimate of drug-likeness (QED) is 0.854. The van der Waals surface area contributed by atoms with Crippen molar-refractivity contribution in [2.45, 2.75) is 19.4 Å². The van der Waals surface area contributed by atoms with Crippen LogP contribution in [-0.4, -0.2) is 37.6 Å². The van der Waals surface area contributed by atoms with Crippen molar-refractivity contribution in [1.82, 2.24) is 4.90 Å². The fourth-order valence-electron chi connectivity index (χ4n) is 2.51. The molecule has 1 aromatic carbocycles. The van der Waals surface area contributed by atoms with E-state index in [1.54, 1.807) is 4.90 Å². The molecule has 2 rings (SSSR count). The van der Waals surface area contributed by atoms with Crippen LogP contribution in [0.5, 0.6) is 0 Å². The van der Waals surface area contributed by atoms with Gasteiger partial charge in [-0.05, 0) is 24.5 Å². The summed E-state index contributed by atoms with van der Waals surface area (Å²) in [5.74, 6) is 6.07. The molecule has 1 heterocycles. The molecular weight excluding hydrogens is 264 g/mol. The molecule has 1 unspecified atom stereocenters. The van der Waals surface area contributed by atoms with Crippen molar-refractivity contribution >= 4 is 5.91 Å². The summed E-state index contributed by atoms with van der Waals surface area (Å²) in [5, 5.41) is 0. The summed E-state index contributed by atoms with van der Waals surface area (Å²) in [7, 11) is 1.84. The van der Waals surface area contributed by atoms with Gasteiger partial charge in [0.25, 0.3) is 0 Å². The molecule has 0 saturated carbocycles. The van der Waals surface area contributed by atoms with Gasteiger partial charge in [-0.25, -0.2) is 0 Å². The summed E-state index contributed by atoms with van der Waals surface area (Å²) in [4.78, 5) is 14.2. The Hall–Kier alpha value is -1.83. The zero-order chi connectivity index (χ0) is 15.1. The van der Waals surface area contributed by atoms with Gasteiger partial charge in [0.15, 0.2) is 0 Å². The van der Waals surface area contributed by atoms with Crippen molar-refractivity contribution in [3.05, 3.63) is 35.4 Å². The van der Waals surface area contributed by atoms with Gasteiger partial charge in [-0.3, -0.25) is 4.79 Å². The first-order chi connectivity index (χ1) is 10.2. The van der Waals surface area contributed by atoms with Crippen molar-refractivity contribution in [1.29, 1.82) is 0 Å². The Labute approximate surface area is 126 Å². The minimum absolute atomic E-state index is 0.00830. The van der Waals surface area contributed by atoms with E-state index in [1.165, 1.54) is 0 Å². The Morgan fingerprint density at radius 2 is 2.29 bits per heavy atom. The molecule has 1 fully saturated rings. The van der Waals surface area contributed by atoms with E-state index in [9.17, 15) is 4.79 Å². The molecule has 0 spiro atoms. The number of rotatable bonds is 3. The van der Waals surface area contributed by atoms with Gasteiger partial charge in [0.2, 0.25) is 5.91 Å². The fraction of sp³-hybridized carbons (Fsp3) is 0.471. The first kappa shape index (κ1) is 15.6. The van der Waals surface area contributed by atoms with E-state index in [1.807, 2.05) is 31.3 Å². The van der Waals surface area contributed by atoms with Crippen LogP contribution in [0.4, 0.5) is 0 Å². The van der Waals surface area contributed by atoms with E-state index < -0.39 is 0 Å². The van der Waals surface area contributed by atoms with Gasteiger partial charge >= 0.3 is 0 Å². The van der Waals surface area contributed by atoms with Crippen LogP contribution in [-0.2, 0) is 16.1 Å². The predicted molar refractivity (Wildman–Crippen MR) is 82.4 cm³/mol. The number of nitrogens with two attached hydrogens (primary N) is 1. The van der Waals surface area contributed by atoms with Crippen LogP contribution in [0.1, 0.15) is 24.0 Å². The SMILES string of the molecule is CN(Cc1ccccc1C#CCN)C(=O)C1CCCOC1. The molecule has 112 valence electrons. The van der Waals surface area contributed by atoms with Crippen molar-refractivity contribution in [3.63, 3.8) is 0 Å². The summed E-state index contributed by atoms with van der Waals surface area (Å²) >= 11 is 0. The summed E-state index contributed by atoms with van der Waals surface area (Å²) in [5.41, 5.74) is 7.40. The van der Waals surface area contributed by atoms with E-state index >= 15 is 0 Å². The zero-order valence-corrected chi connectivity index (χ0v) is 12.5. The largest absolute Gasteiger partial charge is 0.381 e. The van der Waals surface area contributed by atoms with E-state index in [2.05, 4.69) is 11.8 Å². The van der Waals surface area contributed by atoms with Crippen LogP contribution in [0.15, 0.2) is 24.3 Å². The fourth-order valence-corrected chi connectivity index (χ4v) is 2.51. The molecule has 0 radical (unpaired) electrons. The molecule has 0 aliphatic carbocycles. The van der Waals surface area contributed by atoms with Crippen LogP contribution >= 0.6 is 0 Å². The van der Waals surface area contributed by atoms with Crippen LogP contribution in [0.2, 0.25) is 0 Å². The van der Waals surface area contributed by atoms with Gasteiger partial charge in [0.1, 0.15) is 0 Å². The van der Waals surface area contributed by atoms with E-state index in [4.69, 9.17) is 10.5 Å². The topological polar surface area (TPSA) is 55.6 Å². The smallest absolute Gasteiger partial charge is 0.228 e. The Kier molecular flexibility index (Phi) is 5.79. The highest BCUT2D eigenvalue weighted by molar-refractivity contribution is 5.78. The predicted octanol–water partition coefficient (Wildman–Crippen LogP) is 1.38. The Balaban J connectivity index is 2.05. The summed E-state index contributed by atoms with van der Waals surface area (Å²) in [6.45, 7) is 2.20. The van der Waals surface area contributed by atoms with Gasteiger partial charge in [-0.2, -0.15) is 0 Å². The molecule has 1 aromatic rings. The van der Waals surface area contributed by atoms with Crippen LogP contribution in [0.25, 0.3) is 0 Å². The highest BCUT2D eigenvalue weighted by atomic mass is 16.5. The maximum atomic E-state index is 12.4. The molecule has 0 bridgehead atoms. The number of ether oxygens (including phenoxy) is 1. The number of nitrogens with zero attached hydrogens (tertiary/aromatic N) is 1. The first-order valence-corrected chi connectivity index (χ1v) is 7.32. The third-order valence-corrected chi connectivity index (χ3v) is 3.64. The zero-order valence-electron chi connectivity index (χ0n) is 12.5. The van der Waals surface area contributed by atoms with Crippen LogP contribution in [0, 0.1) is 17.8 Å². The first-order valence-electron chi connectivity index (χ1n) is 7.32. The molecule has 4 nitrogen and oxygen atoms in total. The third-order valence-electron chi connectivity index (χ3n) is 3.64. The molecule has 0 aromatic heterocycles. The van der Waals surface area contributed by atoms with Crippen LogP contribution < -0.4 is 5.73 Å². The van der Waals surface area contributed by atoms with Crippen LogP contribution in [0.3, 0.4) is 0 Å². The van der Waals surface area contributed by atoms with Crippen molar-refractivity contribution in [3.8, 4) is 11.8 Å². The van der Waals surface area contributed by atoms with Crippen molar-refractivity contribution < 1.29 is 9.53 Å². The molecule has 1 atom stereocenters. The maximum Gasteiger partial charge on any atom is 0.228 e. The number of carbonyl (C=O) groups excluding carboxylic acids is 1. The number of benzene rings is 1. The number of carbonyl (C=O) groups is 1. The Morgan fingerprint density at radius 3 is 3.00 bits per heavy atom. The highest BCUT2D eigenvalue weighted by Crippen LogP contribution is 2.18. The second-order valence-electron chi connectivity index (χ2n) is 5.27. The van der Waals surface area contributed by atoms with E-state index in [0.29, 0.717) is 19.7 Å². The van der Waals surface area contributed by atoms with Crippen molar-refractivity contribution in [2.75, 3.05) is 26.8 Å². The number of hydrogen-bond acceptors (Lipinski definition) is 3. The Morgan fingerprint density at radius 1 is 1.48 bits per heavy atom. The highest BCUT2D eigenvalue weighted by Gasteiger charge is 2.24. The van der Waals surface area contributed by atoms with Gasteiger partial charge in [0.05, 0.1) is 19.1 Å². The molecule has 1 saturated heterocycles. The average Bonchev–Trinajstić information content (AvgIpc) is 2.54. The molecular formula is C17H22N2O2. The summed E-state index contributed by atoms with van der Waals surface area (Å²) in [6.07, 6.45) is 1.88. The monoisotopic (exact) mass is 286 g/mol. The third kappa shape index (κ3) is 4.32. The maximum absolute atomic E-state index is 12.4. The van der Waals surface area contributed by atoms with Gasteiger partial charge < -0.3 is 15.4 Å². The van der Waals surface area contributed by atoms with E-state index in [0.717, 1.165) is 30.6 Å². The molecule has 2 N–H and O–H groups in total. The molecule has 1 amide bonds.